The van der Waals surface area contributed by atoms with Gasteiger partial charge in [0.2, 0.25) is 0 Å². The van der Waals surface area contributed by atoms with E-state index in [1.54, 1.807) is 10.6 Å². The molecule has 0 N–H and O–H groups in total. The van der Waals surface area contributed by atoms with E-state index < -0.39 is 0 Å². The minimum Gasteiger partial charge on any atom is -0.311 e. The maximum Gasteiger partial charge on any atom is 0.258 e. The Morgan fingerprint density at radius 2 is 2.10 bits per heavy atom. The summed E-state index contributed by atoms with van der Waals surface area (Å²) in [5, 5.41) is 9.33. The number of nitriles is 1. The maximum atomic E-state index is 12.7. The third kappa shape index (κ3) is 1.85. The number of nitrogens with zero attached hydrogens (tertiary/aromatic N) is 2. The second-order valence-electron chi connectivity index (χ2n) is 5.10. The highest BCUT2D eigenvalue weighted by molar-refractivity contribution is 5.68. The number of aromatic nitrogens is 1. The summed E-state index contributed by atoms with van der Waals surface area (Å²) < 4.78 is 1.78. The van der Waals surface area contributed by atoms with Crippen LogP contribution < -0.4 is 5.56 Å². The minimum atomic E-state index is 0.0393. The summed E-state index contributed by atoms with van der Waals surface area (Å²) in [5.41, 5.74) is 4.34. The molecule has 1 aromatic carbocycles. The highest BCUT2D eigenvalue weighted by Gasteiger charge is 2.20. The van der Waals surface area contributed by atoms with Crippen LogP contribution in [0.5, 0.6) is 0 Å². The normalized spacial score (nSPS) is 13.0. The van der Waals surface area contributed by atoms with E-state index in [0.717, 1.165) is 42.6 Å². The van der Waals surface area contributed by atoms with Crippen molar-refractivity contribution in [1.82, 2.24) is 4.57 Å². The number of benzene rings is 1. The van der Waals surface area contributed by atoms with Gasteiger partial charge in [-0.15, -0.1) is 0 Å². The van der Waals surface area contributed by atoms with Crippen LogP contribution >= 0.6 is 0 Å². The molecule has 0 aliphatic carbocycles. The molecule has 0 saturated heterocycles. The molecule has 1 aromatic heterocycles. The monoisotopic (exact) mass is 264 g/mol. The van der Waals surface area contributed by atoms with Gasteiger partial charge in [-0.2, -0.15) is 5.26 Å². The molecule has 2 aromatic rings. The average Bonchev–Trinajstić information content (AvgIpc) is 2.98. The van der Waals surface area contributed by atoms with Crippen LogP contribution in [0.1, 0.15) is 30.2 Å². The molecule has 20 heavy (non-hydrogen) atoms. The van der Waals surface area contributed by atoms with Crippen LogP contribution in [0, 0.1) is 11.3 Å². The Kier molecular flexibility index (Phi) is 3.15. The van der Waals surface area contributed by atoms with E-state index in [1.807, 2.05) is 24.3 Å². The zero-order chi connectivity index (χ0) is 14.1. The molecule has 0 saturated carbocycles. The van der Waals surface area contributed by atoms with E-state index in [1.165, 1.54) is 0 Å². The van der Waals surface area contributed by atoms with E-state index in [-0.39, 0.29) is 5.56 Å². The van der Waals surface area contributed by atoms with Crippen molar-refractivity contribution in [3.05, 3.63) is 57.5 Å². The zero-order valence-corrected chi connectivity index (χ0v) is 11.5. The van der Waals surface area contributed by atoms with Crippen molar-refractivity contribution in [2.45, 2.75) is 32.7 Å². The first-order valence-corrected chi connectivity index (χ1v) is 7.01. The predicted molar refractivity (Wildman–Crippen MR) is 78.6 cm³/mol. The summed E-state index contributed by atoms with van der Waals surface area (Å²) in [4.78, 5) is 12.7. The van der Waals surface area contributed by atoms with E-state index in [0.29, 0.717) is 11.1 Å². The molecule has 0 atom stereocenters. The number of hydrogen-bond donors (Lipinski definition) is 0. The molecule has 0 radical (unpaired) electrons. The Labute approximate surface area is 118 Å². The van der Waals surface area contributed by atoms with Gasteiger partial charge in [0.15, 0.2) is 0 Å². The molecular formula is C17H16N2O. The van der Waals surface area contributed by atoms with E-state index in [9.17, 15) is 10.1 Å². The second-order valence-corrected chi connectivity index (χ2v) is 5.10. The summed E-state index contributed by atoms with van der Waals surface area (Å²) in [6.07, 6.45) is 2.65. The van der Waals surface area contributed by atoms with Crippen molar-refractivity contribution in [3.63, 3.8) is 0 Å². The van der Waals surface area contributed by atoms with Gasteiger partial charge in [0.1, 0.15) is 6.07 Å². The van der Waals surface area contributed by atoms with Gasteiger partial charge >= 0.3 is 0 Å². The summed E-state index contributed by atoms with van der Waals surface area (Å²) in [6, 6.07) is 12.0. The van der Waals surface area contributed by atoms with Gasteiger partial charge < -0.3 is 4.57 Å². The van der Waals surface area contributed by atoms with Crippen LogP contribution in [0.25, 0.3) is 11.1 Å². The largest absolute Gasteiger partial charge is 0.311 e. The number of rotatable bonds is 2. The number of pyridine rings is 1. The molecule has 0 bridgehead atoms. The van der Waals surface area contributed by atoms with Gasteiger partial charge in [0, 0.05) is 17.8 Å². The third-order valence-corrected chi connectivity index (χ3v) is 4.01. The Balaban J connectivity index is 2.31. The van der Waals surface area contributed by atoms with Gasteiger partial charge in [-0.1, -0.05) is 31.2 Å². The van der Waals surface area contributed by atoms with Crippen molar-refractivity contribution >= 4 is 0 Å². The second kappa shape index (κ2) is 4.97. The smallest absolute Gasteiger partial charge is 0.258 e. The topological polar surface area (TPSA) is 45.8 Å². The van der Waals surface area contributed by atoms with Crippen molar-refractivity contribution in [2.75, 3.05) is 0 Å². The fraction of sp³-hybridized carbons (Fsp3) is 0.294. The maximum absolute atomic E-state index is 12.7. The molecule has 0 amide bonds. The molecule has 100 valence electrons. The van der Waals surface area contributed by atoms with Gasteiger partial charge in [-0.3, -0.25) is 4.79 Å². The first-order valence-electron chi connectivity index (χ1n) is 7.01. The van der Waals surface area contributed by atoms with E-state index in [4.69, 9.17) is 0 Å². The molecular weight excluding hydrogens is 248 g/mol. The molecule has 3 nitrogen and oxygen atoms in total. The van der Waals surface area contributed by atoms with E-state index in [2.05, 4.69) is 13.0 Å². The lowest BCUT2D eigenvalue weighted by atomic mass is 9.97. The average molecular weight is 264 g/mol. The molecule has 0 fully saturated rings. The van der Waals surface area contributed by atoms with Gasteiger partial charge in [0.05, 0.1) is 5.56 Å². The third-order valence-electron chi connectivity index (χ3n) is 4.01. The first-order chi connectivity index (χ1) is 9.76. The number of hydrogen-bond acceptors (Lipinski definition) is 2. The first kappa shape index (κ1) is 12.7. The van der Waals surface area contributed by atoms with Gasteiger partial charge in [0.25, 0.3) is 5.56 Å². The lowest BCUT2D eigenvalue weighted by Gasteiger charge is -2.11. The minimum absolute atomic E-state index is 0.0393. The Morgan fingerprint density at radius 1 is 1.30 bits per heavy atom. The molecule has 1 aliphatic heterocycles. The summed E-state index contributed by atoms with van der Waals surface area (Å²) in [5.74, 6) is 0. The highest BCUT2D eigenvalue weighted by Crippen LogP contribution is 2.25. The predicted octanol–water partition coefficient (Wildman–Crippen LogP) is 2.90. The molecule has 3 rings (SSSR count). The molecule has 0 unspecified atom stereocenters. The summed E-state index contributed by atoms with van der Waals surface area (Å²) in [7, 11) is 0. The van der Waals surface area contributed by atoms with Crippen LogP contribution in [0.3, 0.4) is 0 Å². The van der Waals surface area contributed by atoms with E-state index >= 15 is 0 Å². The van der Waals surface area contributed by atoms with Crippen molar-refractivity contribution in [2.24, 2.45) is 0 Å². The number of aryl methyl sites for hydroxylation is 1. The quantitative estimate of drug-likeness (QED) is 0.837. The van der Waals surface area contributed by atoms with Crippen LogP contribution in [0.15, 0.2) is 35.1 Å². The van der Waals surface area contributed by atoms with Crippen LogP contribution in [0.2, 0.25) is 0 Å². The SMILES string of the molecule is CCc1ccccc1-c1cc(C#N)c2n(c1=O)CCC2. The zero-order valence-electron chi connectivity index (χ0n) is 11.5. The summed E-state index contributed by atoms with van der Waals surface area (Å²) in [6.45, 7) is 2.81. The Hall–Kier alpha value is -2.34. The van der Waals surface area contributed by atoms with Crippen molar-refractivity contribution < 1.29 is 0 Å². The molecule has 1 aliphatic rings. The van der Waals surface area contributed by atoms with Crippen molar-refractivity contribution in [1.29, 1.82) is 5.26 Å². The lowest BCUT2D eigenvalue weighted by molar-refractivity contribution is 0.721. The standard InChI is InChI=1S/C17H16N2O/c1-2-12-6-3-4-7-14(12)15-10-13(11-18)16-8-5-9-19(16)17(15)20/h3-4,6-7,10H,2,5,8-9H2,1H3. The van der Waals surface area contributed by atoms with Gasteiger partial charge in [-0.05, 0) is 36.5 Å². The Morgan fingerprint density at radius 3 is 2.85 bits per heavy atom. The molecule has 0 spiro atoms. The highest BCUT2D eigenvalue weighted by atomic mass is 16.1. The Bertz CT molecular complexity index is 766. The van der Waals surface area contributed by atoms with Crippen LogP contribution in [0.4, 0.5) is 0 Å². The fourth-order valence-electron chi connectivity index (χ4n) is 2.99. The van der Waals surface area contributed by atoms with Gasteiger partial charge in [-0.25, -0.2) is 0 Å². The molecule has 3 heteroatoms. The fourth-order valence-corrected chi connectivity index (χ4v) is 2.99. The van der Waals surface area contributed by atoms with Crippen molar-refractivity contribution in [3.8, 4) is 17.2 Å². The van der Waals surface area contributed by atoms with Crippen LogP contribution in [-0.2, 0) is 19.4 Å². The lowest BCUT2D eigenvalue weighted by Crippen LogP contribution is -2.22. The summed E-state index contributed by atoms with van der Waals surface area (Å²) >= 11 is 0. The van der Waals surface area contributed by atoms with Crippen LogP contribution in [-0.4, -0.2) is 4.57 Å². The number of fused-ring (bicyclic) bond motifs is 1. The molecule has 2 heterocycles.